The Morgan fingerprint density at radius 2 is 2.05 bits per heavy atom. The van der Waals surface area contributed by atoms with E-state index in [0.717, 1.165) is 17.9 Å². The molecule has 1 N–H and O–H groups in total. The van der Waals surface area contributed by atoms with Crippen LogP contribution in [-0.2, 0) is 6.42 Å². The molecule has 0 fully saturated rings. The number of nitrogens with one attached hydrogen (secondary N) is 1. The van der Waals surface area contributed by atoms with Crippen molar-refractivity contribution in [1.82, 2.24) is 0 Å². The number of benzene rings is 1. The lowest BCUT2D eigenvalue weighted by atomic mass is 10.2. The fourth-order valence-corrected chi connectivity index (χ4v) is 2.04. The molecule has 1 aromatic heterocycles. The Labute approximate surface area is 123 Å². The average molecular weight is 293 g/mol. The second-order valence-electron chi connectivity index (χ2n) is 4.63. The van der Waals surface area contributed by atoms with E-state index >= 15 is 0 Å². The number of furan rings is 1. The molecule has 1 amide bonds. The highest BCUT2D eigenvalue weighted by molar-refractivity contribution is 6.31. The van der Waals surface area contributed by atoms with Crippen molar-refractivity contribution >= 4 is 28.9 Å². The van der Waals surface area contributed by atoms with Crippen LogP contribution in [0.4, 0.5) is 11.4 Å². The average Bonchev–Trinajstić information content (AvgIpc) is 2.87. The molecule has 0 spiro atoms. The highest BCUT2D eigenvalue weighted by Gasteiger charge is 2.14. The molecule has 5 heteroatoms. The molecule has 1 heterocycles. The number of amides is 1. The van der Waals surface area contributed by atoms with Crippen LogP contribution in [-0.4, -0.2) is 20.0 Å². The van der Waals surface area contributed by atoms with E-state index < -0.39 is 0 Å². The first-order valence-electron chi connectivity index (χ1n) is 6.38. The van der Waals surface area contributed by atoms with Crippen molar-refractivity contribution in [2.24, 2.45) is 0 Å². The summed E-state index contributed by atoms with van der Waals surface area (Å²) in [5.74, 6) is 0.802. The Morgan fingerprint density at radius 1 is 1.30 bits per heavy atom. The van der Waals surface area contributed by atoms with Crippen LogP contribution in [0.15, 0.2) is 34.7 Å². The summed E-state index contributed by atoms with van der Waals surface area (Å²) in [7, 11) is 3.81. The number of anilines is 2. The summed E-state index contributed by atoms with van der Waals surface area (Å²) in [6.45, 7) is 1.97. The van der Waals surface area contributed by atoms with Crippen LogP contribution >= 0.6 is 11.6 Å². The molecule has 0 unspecified atom stereocenters. The molecule has 1 aromatic carbocycles. The molecule has 2 aromatic rings. The zero-order valence-corrected chi connectivity index (χ0v) is 12.5. The van der Waals surface area contributed by atoms with Gasteiger partial charge in [0.05, 0.1) is 11.4 Å². The number of hydrogen-bond acceptors (Lipinski definition) is 3. The Kier molecular flexibility index (Phi) is 4.35. The van der Waals surface area contributed by atoms with E-state index in [0.29, 0.717) is 16.5 Å². The van der Waals surface area contributed by atoms with E-state index in [9.17, 15) is 4.79 Å². The zero-order valence-electron chi connectivity index (χ0n) is 11.7. The van der Waals surface area contributed by atoms with E-state index in [-0.39, 0.29) is 5.91 Å². The molecule has 106 valence electrons. The predicted octanol–water partition coefficient (Wildman–Crippen LogP) is 3.81. The van der Waals surface area contributed by atoms with Gasteiger partial charge in [0.1, 0.15) is 5.76 Å². The number of halogens is 1. The van der Waals surface area contributed by atoms with Gasteiger partial charge in [0.25, 0.3) is 5.91 Å². The van der Waals surface area contributed by atoms with Crippen LogP contribution in [0.2, 0.25) is 5.02 Å². The van der Waals surface area contributed by atoms with E-state index in [1.807, 2.05) is 32.0 Å². The van der Waals surface area contributed by atoms with Gasteiger partial charge in [0.2, 0.25) is 0 Å². The number of aryl methyl sites for hydroxylation is 1. The Bertz CT molecular complexity index is 620. The van der Waals surface area contributed by atoms with Crippen molar-refractivity contribution in [3.63, 3.8) is 0 Å². The van der Waals surface area contributed by atoms with Crippen molar-refractivity contribution in [1.29, 1.82) is 0 Å². The minimum absolute atomic E-state index is 0.282. The third kappa shape index (κ3) is 3.14. The number of rotatable bonds is 4. The summed E-state index contributed by atoms with van der Waals surface area (Å²) in [5.41, 5.74) is 1.53. The van der Waals surface area contributed by atoms with Crippen LogP contribution < -0.4 is 10.2 Å². The molecule has 0 radical (unpaired) electrons. The standard InChI is InChI=1S/C15H17ClN2O2/c1-4-11-6-8-14(20-11)15(19)17-12-9-10(16)5-7-13(12)18(2)3/h5-9H,4H2,1-3H3,(H,17,19). The highest BCUT2D eigenvalue weighted by Crippen LogP contribution is 2.28. The second kappa shape index (κ2) is 6.01. The van der Waals surface area contributed by atoms with Gasteiger partial charge in [0.15, 0.2) is 5.76 Å². The van der Waals surface area contributed by atoms with Gasteiger partial charge in [-0.15, -0.1) is 0 Å². The SMILES string of the molecule is CCc1ccc(C(=O)Nc2cc(Cl)ccc2N(C)C)o1. The molecule has 2 rings (SSSR count). The third-order valence-electron chi connectivity index (χ3n) is 2.92. The Balaban J connectivity index is 2.24. The van der Waals surface area contributed by atoms with Crippen LogP contribution in [0.25, 0.3) is 0 Å². The Morgan fingerprint density at radius 3 is 2.65 bits per heavy atom. The van der Waals surface area contributed by atoms with E-state index in [1.54, 1.807) is 24.3 Å². The second-order valence-corrected chi connectivity index (χ2v) is 5.07. The van der Waals surface area contributed by atoms with Crippen molar-refractivity contribution in [2.45, 2.75) is 13.3 Å². The highest BCUT2D eigenvalue weighted by atomic mass is 35.5. The summed E-state index contributed by atoms with van der Waals surface area (Å²) < 4.78 is 5.44. The van der Waals surface area contributed by atoms with Crippen LogP contribution in [0.1, 0.15) is 23.2 Å². The molecular formula is C15H17ClN2O2. The monoisotopic (exact) mass is 292 g/mol. The lowest BCUT2D eigenvalue weighted by Crippen LogP contribution is -2.16. The van der Waals surface area contributed by atoms with Crippen molar-refractivity contribution in [3.05, 3.63) is 46.9 Å². The van der Waals surface area contributed by atoms with Crippen molar-refractivity contribution < 1.29 is 9.21 Å². The Hall–Kier alpha value is -1.94. The minimum Gasteiger partial charge on any atom is -0.456 e. The third-order valence-corrected chi connectivity index (χ3v) is 3.16. The minimum atomic E-state index is -0.282. The molecule has 20 heavy (non-hydrogen) atoms. The first kappa shape index (κ1) is 14.5. The summed E-state index contributed by atoms with van der Waals surface area (Å²) >= 11 is 5.98. The summed E-state index contributed by atoms with van der Waals surface area (Å²) in [4.78, 5) is 14.1. The van der Waals surface area contributed by atoms with E-state index in [4.69, 9.17) is 16.0 Å². The van der Waals surface area contributed by atoms with Crippen LogP contribution in [0, 0.1) is 0 Å². The molecule has 0 saturated carbocycles. The van der Waals surface area contributed by atoms with Crippen molar-refractivity contribution in [3.8, 4) is 0 Å². The fraction of sp³-hybridized carbons (Fsp3) is 0.267. The first-order valence-corrected chi connectivity index (χ1v) is 6.76. The molecular weight excluding hydrogens is 276 g/mol. The lowest BCUT2D eigenvalue weighted by molar-refractivity contribution is 0.0995. The smallest absolute Gasteiger partial charge is 0.291 e. The van der Waals surface area contributed by atoms with E-state index in [1.165, 1.54) is 0 Å². The van der Waals surface area contributed by atoms with Gasteiger partial charge < -0.3 is 14.6 Å². The van der Waals surface area contributed by atoms with Crippen LogP contribution in [0.5, 0.6) is 0 Å². The fourth-order valence-electron chi connectivity index (χ4n) is 1.87. The van der Waals surface area contributed by atoms with Gasteiger partial charge in [-0.3, -0.25) is 4.79 Å². The number of hydrogen-bond donors (Lipinski definition) is 1. The van der Waals surface area contributed by atoms with E-state index in [2.05, 4.69) is 5.32 Å². The number of carbonyl (C=O) groups is 1. The van der Waals surface area contributed by atoms with Crippen LogP contribution in [0.3, 0.4) is 0 Å². The summed E-state index contributed by atoms with van der Waals surface area (Å²) in [6.07, 6.45) is 0.757. The largest absolute Gasteiger partial charge is 0.456 e. The number of carbonyl (C=O) groups excluding carboxylic acids is 1. The van der Waals surface area contributed by atoms with Crippen molar-refractivity contribution in [2.75, 3.05) is 24.3 Å². The maximum Gasteiger partial charge on any atom is 0.291 e. The molecule has 0 saturated heterocycles. The van der Waals surface area contributed by atoms with Gasteiger partial charge in [-0.1, -0.05) is 18.5 Å². The van der Waals surface area contributed by atoms with Gasteiger partial charge in [-0.25, -0.2) is 0 Å². The maximum absolute atomic E-state index is 12.2. The quantitative estimate of drug-likeness (QED) is 0.932. The maximum atomic E-state index is 12.2. The molecule has 0 aliphatic heterocycles. The summed E-state index contributed by atoms with van der Waals surface area (Å²) in [5, 5.41) is 3.40. The number of nitrogens with zero attached hydrogens (tertiary/aromatic N) is 1. The molecule has 0 atom stereocenters. The molecule has 0 aliphatic carbocycles. The van der Waals surface area contributed by atoms with Gasteiger partial charge in [-0.2, -0.15) is 0 Å². The topological polar surface area (TPSA) is 45.5 Å². The molecule has 4 nitrogen and oxygen atoms in total. The predicted molar refractivity (Wildman–Crippen MR) is 81.8 cm³/mol. The van der Waals surface area contributed by atoms with Gasteiger partial charge >= 0.3 is 0 Å². The molecule has 0 aliphatic rings. The molecule has 0 bridgehead atoms. The van der Waals surface area contributed by atoms with Gasteiger partial charge in [0, 0.05) is 25.5 Å². The normalized spacial score (nSPS) is 10.4. The zero-order chi connectivity index (χ0) is 14.7. The lowest BCUT2D eigenvalue weighted by Gasteiger charge is -2.17. The first-order chi connectivity index (χ1) is 9.51. The van der Waals surface area contributed by atoms with Gasteiger partial charge in [-0.05, 0) is 30.3 Å². The summed E-state index contributed by atoms with van der Waals surface area (Å²) in [6, 6.07) is 8.85.